The van der Waals surface area contributed by atoms with Crippen molar-refractivity contribution >= 4 is 22.3 Å². The number of nitro benzene ring substituents is 1. The first-order valence-electron chi connectivity index (χ1n) is 4.23. The van der Waals surface area contributed by atoms with Crippen LogP contribution < -0.4 is 11.3 Å². The second-order valence-corrected chi connectivity index (χ2v) is 2.93. The third-order valence-corrected chi connectivity index (χ3v) is 2.10. The van der Waals surface area contributed by atoms with Crippen molar-refractivity contribution < 1.29 is 4.92 Å². The van der Waals surface area contributed by atoms with Crippen LogP contribution in [0.1, 0.15) is 0 Å². The molecule has 0 amide bonds. The molecule has 0 aliphatic rings. The Morgan fingerprint density at radius 3 is 2.87 bits per heavy atom. The maximum absolute atomic E-state index is 10.7. The summed E-state index contributed by atoms with van der Waals surface area (Å²) in [7, 11) is 0. The van der Waals surface area contributed by atoms with E-state index >= 15 is 0 Å². The first-order chi connectivity index (χ1) is 7.24. The van der Waals surface area contributed by atoms with E-state index in [-0.39, 0.29) is 5.69 Å². The smallest absolute Gasteiger partial charge is 0.278 e. The molecular weight excluding hydrogens is 196 g/mol. The molecule has 1 aromatic heterocycles. The highest BCUT2D eigenvalue weighted by atomic mass is 16.6. The monoisotopic (exact) mass is 204 g/mol. The van der Waals surface area contributed by atoms with E-state index in [9.17, 15) is 10.1 Å². The van der Waals surface area contributed by atoms with E-state index in [0.717, 1.165) is 0 Å². The molecule has 0 radical (unpaired) electrons. The van der Waals surface area contributed by atoms with Crippen LogP contribution in [0.25, 0.3) is 10.9 Å². The average molecular weight is 204 g/mol. The van der Waals surface area contributed by atoms with Crippen molar-refractivity contribution in [3.05, 3.63) is 40.6 Å². The number of pyridine rings is 1. The van der Waals surface area contributed by atoms with Crippen LogP contribution in [-0.2, 0) is 0 Å². The highest BCUT2D eigenvalue weighted by molar-refractivity contribution is 5.96. The summed E-state index contributed by atoms with van der Waals surface area (Å²) in [4.78, 5) is 14.3. The van der Waals surface area contributed by atoms with E-state index in [2.05, 4.69) is 10.4 Å². The number of nitrogens with zero attached hydrogens (tertiary/aromatic N) is 2. The lowest BCUT2D eigenvalue weighted by molar-refractivity contribution is -0.383. The van der Waals surface area contributed by atoms with Crippen LogP contribution in [0, 0.1) is 10.1 Å². The van der Waals surface area contributed by atoms with E-state index < -0.39 is 4.92 Å². The van der Waals surface area contributed by atoms with Gasteiger partial charge in [-0.15, -0.1) is 0 Å². The topological polar surface area (TPSA) is 94.1 Å². The molecular formula is C9H8N4O2. The second kappa shape index (κ2) is 3.50. The van der Waals surface area contributed by atoms with E-state index in [0.29, 0.717) is 16.6 Å². The normalized spacial score (nSPS) is 10.2. The van der Waals surface area contributed by atoms with Crippen LogP contribution >= 0.6 is 0 Å². The number of benzene rings is 1. The molecule has 2 aromatic rings. The number of aromatic nitrogens is 1. The van der Waals surface area contributed by atoms with Gasteiger partial charge in [0.25, 0.3) is 5.69 Å². The number of nitrogen functional groups attached to an aromatic ring is 1. The Morgan fingerprint density at radius 1 is 1.40 bits per heavy atom. The SMILES string of the molecule is NNc1ccc([N+](=O)[O-])c2cccnc12. The minimum absolute atomic E-state index is 0.0251. The molecule has 0 aliphatic carbocycles. The number of nitro groups is 1. The lowest BCUT2D eigenvalue weighted by Crippen LogP contribution is -2.07. The Kier molecular flexibility index (Phi) is 2.18. The summed E-state index contributed by atoms with van der Waals surface area (Å²) >= 11 is 0. The molecule has 0 fully saturated rings. The van der Waals surface area contributed by atoms with E-state index in [1.54, 1.807) is 18.3 Å². The number of hydrogen-bond donors (Lipinski definition) is 2. The first-order valence-corrected chi connectivity index (χ1v) is 4.23. The van der Waals surface area contributed by atoms with Crippen molar-refractivity contribution in [3.63, 3.8) is 0 Å². The van der Waals surface area contributed by atoms with Gasteiger partial charge in [0.2, 0.25) is 0 Å². The first kappa shape index (κ1) is 9.35. The lowest BCUT2D eigenvalue weighted by Gasteiger charge is -2.04. The van der Waals surface area contributed by atoms with Crippen LogP contribution in [0.2, 0.25) is 0 Å². The second-order valence-electron chi connectivity index (χ2n) is 2.93. The summed E-state index contributed by atoms with van der Waals surface area (Å²) < 4.78 is 0. The van der Waals surface area contributed by atoms with Gasteiger partial charge in [0, 0.05) is 12.3 Å². The van der Waals surface area contributed by atoms with E-state index in [4.69, 9.17) is 5.84 Å². The van der Waals surface area contributed by atoms with Crippen LogP contribution in [0.4, 0.5) is 11.4 Å². The molecule has 0 saturated carbocycles. The van der Waals surface area contributed by atoms with Gasteiger partial charge in [-0.25, -0.2) is 0 Å². The number of rotatable bonds is 2. The van der Waals surface area contributed by atoms with Gasteiger partial charge in [0.05, 0.1) is 16.0 Å². The maximum atomic E-state index is 10.7. The van der Waals surface area contributed by atoms with Gasteiger partial charge in [0.15, 0.2) is 0 Å². The molecule has 76 valence electrons. The fraction of sp³-hybridized carbons (Fsp3) is 0. The van der Waals surface area contributed by atoms with Crippen LogP contribution in [0.5, 0.6) is 0 Å². The van der Waals surface area contributed by atoms with Crippen molar-refractivity contribution in [2.75, 3.05) is 5.43 Å². The zero-order chi connectivity index (χ0) is 10.8. The summed E-state index contributed by atoms with van der Waals surface area (Å²) in [5, 5.41) is 11.2. The minimum atomic E-state index is -0.440. The summed E-state index contributed by atoms with van der Waals surface area (Å²) in [5.74, 6) is 5.28. The van der Waals surface area contributed by atoms with Crippen molar-refractivity contribution in [2.24, 2.45) is 5.84 Å². The minimum Gasteiger partial charge on any atom is -0.322 e. The van der Waals surface area contributed by atoms with Crippen molar-refractivity contribution in [1.29, 1.82) is 0 Å². The summed E-state index contributed by atoms with van der Waals surface area (Å²) in [6.07, 6.45) is 1.56. The Balaban J connectivity index is 2.83. The predicted octanol–water partition coefficient (Wildman–Crippen LogP) is 1.43. The quantitative estimate of drug-likeness (QED) is 0.438. The third kappa shape index (κ3) is 1.46. The zero-order valence-electron chi connectivity index (χ0n) is 7.68. The molecule has 0 spiro atoms. The number of fused-ring (bicyclic) bond motifs is 1. The highest BCUT2D eigenvalue weighted by Gasteiger charge is 2.13. The highest BCUT2D eigenvalue weighted by Crippen LogP contribution is 2.28. The molecule has 0 atom stereocenters. The largest absolute Gasteiger partial charge is 0.322 e. The van der Waals surface area contributed by atoms with Gasteiger partial charge in [-0.3, -0.25) is 20.9 Å². The lowest BCUT2D eigenvalue weighted by atomic mass is 10.1. The molecule has 15 heavy (non-hydrogen) atoms. The molecule has 0 bridgehead atoms. The standard InChI is InChI=1S/C9H8N4O2/c10-12-7-3-4-8(13(14)15)6-2-1-5-11-9(6)7/h1-5,12H,10H2. The number of hydrogen-bond acceptors (Lipinski definition) is 5. The van der Waals surface area contributed by atoms with Gasteiger partial charge in [-0.1, -0.05) is 0 Å². The Labute approximate surface area is 84.8 Å². The van der Waals surface area contributed by atoms with Gasteiger partial charge in [0.1, 0.15) is 5.52 Å². The molecule has 2 rings (SSSR count). The summed E-state index contributed by atoms with van der Waals surface area (Å²) in [5.41, 5.74) is 3.54. The van der Waals surface area contributed by atoms with Gasteiger partial charge in [-0.2, -0.15) is 0 Å². The van der Waals surface area contributed by atoms with Crippen molar-refractivity contribution in [2.45, 2.75) is 0 Å². The van der Waals surface area contributed by atoms with Crippen LogP contribution in [0.3, 0.4) is 0 Å². The third-order valence-electron chi connectivity index (χ3n) is 2.10. The number of hydrazine groups is 1. The molecule has 1 aromatic carbocycles. The fourth-order valence-corrected chi connectivity index (χ4v) is 1.43. The Morgan fingerprint density at radius 2 is 2.20 bits per heavy atom. The number of nitrogens with two attached hydrogens (primary N) is 1. The Hall–Kier alpha value is -2.21. The number of anilines is 1. The molecule has 3 N–H and O–H groups in total. The molecule has 6 nitrogen and oxygen atoms in total. The van der Waals surface area contributed by atoms with Gasteiger partial charge >= 0.3 is 0 Å². The van der Waals surface area contributed by atoms with Crippen molar-refractivity contribution in [3.8, 4) is 0 Å². The summed E-state index contributed by atoms with van der Waals surface area (Å²) in [6.45, 7) is 0. The maximum Gasteiger partial charge on any atom is 0.278 e. The number of non-ortho nitro benzene ring substituents is 1. The molecule has 0 saturated heterocycles. The van der Waals surface area contributed by atoms with E-state index in [1.807, 2.05) is 0 Å². The van der Waals surface area contributed by atoms with Gasteiger partial charge < -0.3 is 5.43 Å². The van der Waals surface area contributed by atoms with Crippen LogP contribution in [-0.4, -0.2) is 9.91 Å². The fourth-order valence-electron chi connectivity index (χ4n) is 1.43. The van der Waals surface area contributed by atoms with Crippen molar-refractivity contribution in [1.82, 2.24) is 4.98 Å². The molecule has 0 unspecified atom stereocenters. The van der Waals surface area contributed by atoms with E-state index in [1.165, 1.54) is 12.1 Å². The molecule has 0 aliphatic heterocycles. The van der Waals surface area contributed by atoms with Crippen LogP contribution in [0.15, 0.2) is 30.5 Å². The van der Waals surface area contributed by atoms with Gasteiger partial charge in [-0.05, 0) is 18.2 Å². The number of nitrogens with one attached hydrogen (secondary N) is 1. The summed E-state index contributed by atoms with van der Waals surface area (Å²) in [6, 6.07) is 6.23. The predicted molar refractivity (Wildman–Crippen MR) is 56.2 cm³/mol. The average Bonchev–Trinajstić information content (AvgIpc) is 2.27. The molecule has 6 heteroatoms. The zero-order valence-corrected chi connectivity index (χ0v) is 7.68. The Bertz CT molecular complexity index is 527. The molecule has 1 heterocycles.